The van der Waals surface area contributed by atoms with Gasteiger partial charge in [-0.3, -0.25) is 9.59 Å². The van der Waals surface area contributed by atoms with Crippen molar-refractivity contribution in [1.82, 2.24) is 19.8 Å². The monoisotopic (exact) mass is 350 g/mol. The van der Waals surface area contributed by atoms with Gasteiger partial charge in [0.15, 0.2) is 5.82 Å². The highest BCUT2D eigenvalue weighted by Gasteiger charge is 2.33. The van der Waals surface area contributed by atoms with Crippen molar-refractivity contribution in [2.75, 3.05) is 13.1 Å². The number of carbonyl (C=O) groups excluding carboxylic acids is 2. The number of aromatic nitrogens is 2. The molecule has 2 amide bonds. The minimum Gasteiger partial charge on any atom is -0.338 e. The number of likely N-dealkylation sites (tertiary alicyclic amines) is 1. The minimum atomic E-state index is -0.0705. The largest absolute Gasteiger partial charge is 0.338 e. The Labute approximate surface area is 152 Å². The molecule has 0 N–H and O–H groups in total. The third-order valence-electron chi connectivity index (χ3n) is 5.23. The molecule has 134 valence electrons. The number of rotatable bonds is 2. The summed E-state index contributed by atoms with van der Waals surface area (Å²) in [7, 11) is 0. The fourth-order valence-electron chi connectivity index (χ4n) is 3.79. The summed E-state index contributed by atoms with van der Waals surface area (Å²) in [4.78, 5) is 37.5. The van der Waals surface area contributed by atoms with Crippen LogP contribution in [0.15, 0.2) is 36.5 Å². The number of carbonyl (C=O) groups is 2. The van der Waals surface area contributed by atoms with Gasteiger partial charge < -0.3 is 9.80 Å². The van der Waals surface area contributed by atoms with E-state index < -0.39 is 0 Å². The molecule has 2 aliphatic rings. The summed E-state index contributed by atoms with van der Waals surface area (Å²) in [5, 5.41) is 0. The molecule has 2 aliphatic heterocycles. The van der Waals surface area contributed by atoms with E-state index in [1.54, 1.807) is 6.92 Å². The quantitative estimate of drug-likeness (QED) is 0.834. The first kappa shape index (κ1) is 16.7. The van der Waals surface area contributed by atoms with Gasteiger partial charge in [-0.1, -0.05) is 18.2 Å². The summed E-state index contributed by atoms with van der Waals surface area (Å²) in [6, 6.07) is 9.31. The maximum Gasteiger partial charge on any atom is 0.254 e. The molecular weight excluding hydrogens is 328 g/mol. The van der Waals surface area contributed by atoms with E-state index in [1.807, 2.05) is 46.3 Å². The highest BCUT2D eigenvalue weighted by atomic mass is 16.2. The van der Waals surface area contributed by atoms with Gasteiger partial charge in [0.2, 0.25) is 5.91 Å². The third kappa shape index (κ3) is 3.07. The SMILES string of the molecule is CC(=O)N1CCc2nc(C3CCCN3C(=O)c3ccccc3)ncc2C1. The first-order valence-corrected chi connectivity index (χ1v) is 9.09. The van der Waals surface area contributed by atoms with E-state index in [-0.39, 0.29) is 17.9 Å². The van der Waals surface area contributed by atoms with Crippen LogP contribution in [0.5, 0.6) is 0 Å². The fraction of sp³-hybridized carbons (Fsp3) is 0.400. The molecule has 6 heteroatoms. The van der Waals surface area contributed by atoms with Gasteiger partial charge in [-0.05, 0) is 25.0 Å². The second kappa shape index (κ2) is 6.86. The van der Waals surface area contributed by atoms with Crippen molar-refractivity contribution >= 4 is 11.8 Å². The summed E-state index contributed by atoms with van der Waals surface area (Å²) in [6.07, 6.45) is 4.42. The van der Waals surface area contributed by atoms with Gasteiger partial charge in [0, 0.05) is 50.3 Å². The van der Waals surface area contributed by atoms with Crippen LogP contribution in [-0.4, -0.2) is 44.7 Å². The van der Waals surface area contributed by atoms with Crippen LogP contribution in [0.25, 0.3) is 0 Å². The van der Waals surface area contributed by atoms with E-state index in [4.69, 9.17) is 4.98 Å². The zero-order valence-corrected chi connectivity index (χ0v) is 14.9. The van der Waals surface area contributed by atoms with E-state index >= 15 is 0 Å². The molecule has 26 heavy (non-hydrogen) atoms. The molecule has 0 bridgehead atoms. The summed E-state index contributed by atoms with van der Waals surface area (Å²) >= 11 is 0. The molecule has 1 atom stereocenters. The van der Waals surface area contributed by atoms with E-state index in [0.29, 0.717) is 18.7 Å². The summed E-state index contributed by atoms with van der Waals surface area (Å²) < 4.78 is 0. The van der Waals surface area contributed by atoms with Crippen molar-refractivity contribution in [3.63, 3.8) is 0 Å². The molecule has 1 fully saturated rings. The Morgan fingerprint density at radius 3 is 2.73 bits per heavy atom. The Balaban J connectivity index is 1.57. The molecular formula is C20H22N4O2. The van der Waals surface area contributed by atoms with Crippen LogP contribution in [0.3, 0.4) is 0 Å². The van der Waals surface area contributed by atoms with E-state index in [0.717, 1.165) is 42.9 Å². The maximum absolute atomic E-state index is 12.9. The average Bonchev–Trinajstić information content (AvgIpc) is 3.17. The Hall–Kier alpha value is -2.76. The van der Waals surface area contributed by atoms with Crippen molar-refractivity contribution in [3.8, 4) is 0 Å². The predicted molar refractivity (Wildman–Crippen MR) is 96.3 cm³/mol. The molecule has 3 heterocycles. The first-order valence-electron chi connectivity index (χ1n) is 9.09. The molecule has 6 nitrogen and oxygen atoms in total. The van der Waals surface area contributed by atoms with Crippen molar-refractivity contribution in [1.29, 1.82) is 0 Å². The Morgan fingerprint density at radius 1 is 1.15 bits per heavy atom. The Bertz CT molecular complexity index is 837. The van der Waals surface area contributed by atoms with Crippen LogP contribution in [0.4, 0.5) is 0 Å². The third-order valence-corrected chi connectivity index (χ3v) is 5.23. The van der Waals surface area contributed by atoms with Gasteiger partial charge in [-0.2, -0.15) is 0 Å². The molecule has 0 spiro atoms. The Kier molecular flexibility index (Phi) is 4.41. The molecule has 1 unspecified atom stereocenters. The van der Waals surface area contributed by atoms with Gasteiger partial charge in [-0.15, -0.1) is 0 Å². The van der Waals surface area contributed by atoms with E-state index in [1.165, 1.54) is 0 Å². The summed E-state index contributed by atoms with van der Waals surface area (Å²) in [5.74, 6) is 0.842. The molecule has 0 radical (unpaired) electrons. The topological polar surface area (TPSA) is 66.4 Å². The maximum atomic E-state index is 12.9. The average molecular weight is 350 g/mol. The number of fused-ring (bicyclic) bond motifs is 1. The number of nitrogens with zero attached hydrogens (tertiary/aromatic N) is 4. The first-order chi connectivity index (χ1) is 12.6. The predicted octanol–water partition coefficient (Wildman–Crippen LogP) is 2.36. The van der Waals surface area contributed by atoms with Gasteiger partial charge in [0.05, 0.1) is 11.7 Å². The van der Waals surface area contributed by atoms with E-state index in [9.17, 15) is 9.59 Å². The molecule has 0 aliphatic carbocycles. The lowest BCUT2D eigenvalue weighted by molar-refractivity contribution is -0.129. The number of hydrogen-bond donors (Lipinski definition) is 0. The van der Waals surface area contributed by atoms with Crippen molar-refractivity contribution < 1.29 is 9.59 Å². The van der Waals surface area contributed by atoms with E-state index in [2.05, 4.69) is 4.98 Å². The molecule has 1 saturated heterocycles. The number of amides is 2. The molecule has 2 aromatic rings. The number of benzene rings is 1. The van der Waals surface area contributed by atoms with Crippen LogP contribution >= 0.6 is 0 Å². The van der Waals surface area contributed by atoms with Gasteiger partial charge in [-0.25, -0.2) is 9.97 Å². The molecule has 0 saturated carbocycles. The van der Waals surface area contributed by atoms with Crippen molar-refractivity contribution in [3.05, 3.63) is 59.2 Å². The summed E-state index contributed by atoms with van der Waals surface area (Å²) in [6.45, 7) is 3.58. The zero-order valence-electron chi connectivity index (χ0n) is 14.9. The minimum absolute atomic E-state index is 0.0391. The lowest BCUT2D eigenvalue weighted by Crippen LogP contribution is -2.36. The van der Waals surface area contributed by atoms with Crippen LogP contribution in [0, 0.1) is 0 Å². The second-order valence-electron chi connectivity index (χ2n) is 6.91. The van der Waals surface area contributed by atoms with Crippen LogP contribution < -0.4 is 0 Å². The number of hydrogen-bond acceptors (Lipinski definition) is 4. The zero-order chi connectivity index (χ0) is 18.1. The molecule has 1 aromatic carbocycles. The fourth-order valence-corrected chi connectivity index (χ4v) is 3.79. The Morgan fingerprint density at radius 2 is 1.96 bits per heavy atom. The highest BCUT2D eigenvalue weighted by Crippen LogP contribution is 2.32. The van der Waals surface area contributed by atoms with Gasteiger partial charge in [0.1, 0.15) is 0 Å². The van der Waals surface area contributed by atoms with Crippen LogP contribution in [0.1, 0.15) is 53.2 Å². The standard InChI is InChI=1S/C20H22N4O2/c1-14(25)23-11-9-17-16(13-23)12-21-19(22-17)18-8-5-10-24(18)20(26)15-6-3-2-4-7-15/h2-4,6-7,12,18H,5,8-11,13H2,1H3. The van der Waals surface area contributed by atoms with Gasteiger partial charge in [0.25, 0.3) is 5.91 Å². The van der Waals surface area contributed by atoms with Crippen LogP contribution in [0.2, 0.25) is 0 Å². The van der Waals surface area contributed by atoms with Gasteiger partial charge >= 0.3 is 0 Å². The summed E-state index contributed by atoms with van der Waals surface area (Å²) in [5.41, 5.74) is 2.72. The molecule has 4 rings (SSSR count). The highest BCUT2D eigenvalue weighted by molar-refractivity contribution is 5.94. The smallest absolute Gasteiger partial charge is 0.254 e. The lowest BCUT2D eigenvalue weighted by atomic mass is 10.1. The molecule has 1 aromatic heterocycles. The van der Waals surface area contributed by atoms with Crippen molar-refractivity contribution in [2.24, 2.45) is 0 Å². The second-order valence-corrected chi connectivity index (χ2v) is 6.91. The van der Waals surface area contributed by atoms with Crippen molar-refractivity contribution in [2.45, 2.75) is 38.8 Å². The van der Waals surface area contributed by atoms with Crippen LogP contribution in [-0.2, 0) is 17.8 Å². The lowest BCUT2D eigenvalue weighted by Gasteiger charge is -2.28. The normalized spacial score (nSPS) is 19.3.